The van der Waals surface area contributed by atoms with E-state index in [1.807, 2.05) is 0 Å². The fourth-order valence-electron chi connectivity index (χ4n) is 3.92. The molecule has 0 radical (unpaired) electrons. The predicted molar refractivity (Wildman–Crippen MR) is 73.6 cm³/mol. The van der Waals surface area contributed by atoms with E-state index in [2.05, 4.69) is 38.1 Å². The van der Waals surface area contributed by atoms with Crippen LogP contribution in [0.3, 0.4) is 0 Å². The summed E-state index contributed by atoms with van der Waals surface area (Å²) < 4.78 is 0. The molecule has 0 heterocycles. The van der Waals surface area contributed by atoms with E-state index in [1.165, 1.54) is 24.0 Å². The summed E-state index contributed by atoms with van der Waals surface area (Å²) >= 11 is 0. The molecule has 0 spiro atoms. The molecule has 1 saturated carbocycles. The second-order valence-electron chi connectivity index (χ2n) is 5.87. The van der Waals surface area contributed by atoms with Crippen molar-refractivity contribution >= 4 is 5.78 Å². The van der Waals surface area contributed by atoms with Gasteiger partial charge in [0.05, 0.1) is 0 Å². The van der Waals surface area contributed by atoms with Gasteiger partial charge < -0.3 is 0 Å². The van der Waals surface area contributed by atoms with Crippen molar-refractivity contribution in [1.29, 1.82) is 0 Å². The molecule has 2 aliphatic carbocycles. The second kappa shape index (κ2) is 4.53. The van der Waals surface area contributed by atoms with Crippen LogP contribution in [0, 0.1) is 17.8 Å². The number of carbonyl (C=O) groups excluding carboxylic acids is 1. The van der Waals surface area contributed by atoms with Gasteiger partial charge in [-0.25, -0.2) is 0 Å². The minimum absolute atomic E-state index is 0.299. The van der Waals surface area contributed by atoms with Crippen molar-refractivity contribution in [2.45, 2.75) is 45.4 Å². The van der Waals surface area contributed by atoms with Crippen LogP contribution >= 0.6 is 0 Å². The lowest BCUT2D eigenvalue weighted by Gasteiger charge is -2.13. The van der Waals surface area contributed by atoms with Gasteiger partial charge in [0.1, 0.15) is 5.78 Å². The third kappa shape index (κ3) is 1.72. The molecule has 0 saturated heterocycles. The Morgan fingerprint density at radius 2 is 2.00 bits per heavy atom. The van der Waals surface area contributed by atoms with Gasteiger partial charge in [0.2, 0.25) is 0 Å². The van der Waals surface area contributed by atoms with Crippen LogP contribution in [0.15, 0.2) is 24.3 Å². The lowest BCUT2D eigenvalue weighted by atomic mass is 9.91. The molecule has 96 valence electrons. The highest BCUT2D eigenvalue weighted by molar-refractivity contribution is 5.88. The molecule has 3 atom stereocenters. The molecule has 0 aromatic heterocycles. The van der Waals surface area contributed by atoms with Crippen LogP contribution in [-0.2, 0) is 11.2 Å². The standard InChI is InChI=1S/C17H22O/c1-3-11(4-2)17(18)16-14-10-9-12-7-5-6-8-13(12)15(14)16/h5-8,11,14-16H,3-4,9-10H2,1-2H3. The maximum Gasteiger partial charge on any atom is 0.139 e. The molecule has 0 bridgehead atoms. The van der Waals surface area contributed by atoms with Gasteiger partial charge in [0.15, 0.2) is 0 Å². The Morgan fingerprint density at radius 1 is 1.28 bits per heavy atom. The summed E-state index contributed by atoms with van der Waals surface area (Å²) in [5, 5.41) is 0. The first kappa shape index (κ1) is 12.0. The number of fused-ring (bicyclic) bond motifs is 3. The molecule has 1 nitrogen and oxygen atoms in total. The molecule has 2 aliphatic rings. The first-order valence-electron chi connectivity index (χ1n) is 7.39. The van der Waals surface area contributed by atoms with Crippen LogP contribution in [0.2, 0.25) is 0 Å². The maximum absolute atomic E-state index is 12.5. The van der Waals surface area contributed by atoms with Crippen molar-refractivity contribution in [2.24, 2.45) is 17.8 Å². The quantitative estimate of drug-likeness (QED) is 0.781. The van der Waals surface area contributed by atoms with Gasteiger partial charge in [-0.05, 0) is 48.6 Å². The molecular formula is C17H22O. The number of hydrogen-bond acceptors (Lipinski definition) is 1. The van der Waals surface area contributed by atoms with Gasteiger partial charge in [0, 0.05) is 11.8 Å². The number of carbonyl (C=O) groups is 1. The topological polar surface area (TPSA) is 17.1 Å². The molecular weight excluding hydrogens is 220 g/mol. The number of ketones is 1. The van der Waals surface area contributed by atoms with Crippen molar-refractivity contribution in [3.63, 3.8) is 0 Å². The summed E-state index contributed by atoms with van der Waals surface area (Å²) in [4.78, 5) is 12.5. The summed E-state index contributed by atoms with van der Waals surface area (Å²) in [7, 11) is 0. The highest BCUT2D eigenvalue weighted by Crippen LogP contribution is 2.61. The van der Waals surface area contributed by atoms with E-state index in [-0.39, 0.29) is 0 Å². The van der Waals surface area contributed by atoms with Crippen LogP contribution in [0.4, 0.5) is 0 Å². The number of rotatable bonds is 4. The Labute approximate surface area is 110 Å². The molecule has 1 fully saturated rings. The van der Waals surface area contributed by atoms with E-state index in [0.717, 1.165) is 12.8 Å². The van der Waals surface area contributed by atoms with E-state index >= 15 is 0 Å². The van der Waals surface area contributed by atoms with Crippen molar-refractivity contribution < 1.29 is 4.79 Å². The second-order valence-corrected chi connectivity index (χ2v) is 5.87. The fraction of sp³-hybridized carbons (Fsp3) is 0.588. The summed E-state index contributed by atoms with van der Waals surface area (Å²) in [6.45, 7) is 4.29. The van der Waals surface area contributed by atoms with Gasteiger partial charge in [-0.2, -0.15) is 0 Å². The first-order chi connectivity index (χ1) is 8.77. The van der Waals surface area contributed by atoms with Gasteiger partial charge in [-0.15, -0.1) is 0 Å². The van der Waals surface area contributed by atoms with Crippen LogP contribution in [0.25, 0.3) is 0 Å². The number of aryl methyl sites for hydroxylation is 1. The van der Waals surface area contributed by atoms with E-state index in [1.54, 1.807) is 0 Å². The Hall–Kier alpha value is -1.11. The zero-order chi connectivity index (χ0) is 12.7. The molecule has 3 rings (SSSR count). The van der Waals surface area contributed by atoms with Crippen LogP contribution < -0.4 is 0 Å². The van der Waals surface area contributed by atoms with Crippen molar-refractivity contribution in [1.82, 2.24) is 0 Å². The van der Waals surface area contributed by atoms with Crippen LogP contribution in [0.5, 0.6) is 0 Å². The molecule has 0 aliphatic heterocycles. The van der Waals surface area contributed by atoms with Gasteiger partial charge >= 0.3 is 0 Å². The molecule has 1 aromatic carbocycles. The average molecular weight is 242 g/mol. The Balaban J connectivity index is 1.82. The monoisotopic (exact) mass is 242 g/mol. The van der Waals surface area contributed by atoms with Crippen LogP contribution in [0.1, 0.15) is 50.2 Å². The minimum atomic E-state index is 0.299. The van der Waals surface area contributed by atoms with E-state index in [0.29, 0.717) is 29.5 Å². The molecule has 3 unspecified atom stereocenters. The first-order valence-corrected chi connectivity index (χ1v) is 7.39. The zero-order valence-electron chi connectivity index (χ0n) is 11.4. The number of Topliss-reactive ketones (excluding diaryl/α,β-unsaturated/α-hetero) is 1. The summed E-state index contributed by atoms with van der Waals surface area (Å²) in [5.41, 5.74) is 2.96. The van der Waals surface area contributed by atoms with Crippen molar-refractivity contribution in [3.8, 4) is 0 Å². The predicted octanol–water partition coefficient (Wildman–Crippen LogP) is 3.97. The molecule has 18 heavy (non-hydrogen) atoms. The minimum Gasteiger partial charge on any atom is -0.299 e. The summed E-state index contributed by atoms with van der Waals surface area (Å²) in [6, 6.07) is 8.73. The molecule has 1 heteroatoms. The number of benzene rings is 1. The third-order valence-electron chi connectivity index (χ3n) is 5.05. The molecule has 0 N–H and O–H groups in total. The lowest BCUT2D eigenvalue weighted by molar-refractivity contribution is -0.124. The van der Waals surface area contributed by atoms with E-state index in [9.17, 15) is 4.79 Å². The van der Waals surface area contributed by atoms with Crippen molar-refractivity contribution in [3.05, 3.63) is 35.4 Å². The molecule has 0 amide bonds. The van der Waals surface area contributed by atoms with E-state index < -0.39 is 0 Å². The Morgan fingerprint density at radius 3 is 2.72 bits per heavy atom. The zero-order valence-corrected chi connectivity index (χ0v) is 11.4. The third-order valence-corrected chi connectivity index (χ3v) is 5.05. The van der Waals surface area contributed by atoms with Crippen LogP contribution in [-0.4, -0.2) is 5.78 Å². The summed E-state index contributed by atoms with van der Waals surface area (Å²) in [6.07, 6.45) is 4.40. The maximum atomic E-state index is 12.5. The average Bonchev–Trinajstić information content (AvgIpc) is 3.14. The highest BCUT2D eigenvalue weighted by Gasteiger charge is 2.57. The smallest absolute Gasteiger partial charge is 0.139 e. The number of hydrogen-bond donors (Lipinski definition) is 0. The van der Waals surface area contributed by atoms with Gasteiger partial charge in [0.25, 0.3) is 0 Å². The Bertz CT molecular complexity index is 458. The van der Waals surface area contributed by atoms with Gasteiger partial charge in [-0.3, -0.25) is 4.79 Å². The fourth-order valence-corrected chi connectivity index (χ4v) is 3.92. The SMILES string of the molecule is CCC(CC)C(=O)C1C2CCc3ccccc3C21. The largest absolute Gasteiger partial charge is 0.299 e. The highest BCUT2D eigenvalue weighted by atomic mass is 16.1. The normalized spacial score (nSPS) is 28.7. The van der Waals surface area contributed by atoms with E-state index in [4.69, 9.17) is 0 Å². The summed E-state index contributed by atoms with van der Waals surface area (Å²) in [5.74, 6) is 2.41. The van der Waals surface area contributed by atoms with Crippen molar-refractivity contribution in [2.75, 3.05) is 0 Å². The molecule has 1 aromatic rings. The Kier molecular flexibility index (Phi) is 3.01. The lowest BCUT2D eigenvalue weighted by Crippen LogP contribution is -2.16. The van der Waals surface area contributed by atoms with Gasteiger partial charge in [-0.1, -0.05) is 38.1 Å².